The van der Waals surface area contributed by atoms with Gasteiger partial charge in [0.05, 0.1) is 24.8 Å². The fraction of sp³-hybridized carbons (Fsp3) is 0.786. The van der Waals surface area contributed by atoms with Gasteiger partial charge in [0.15, 0.2) is 0 Å². The van der Waals surface area contributed by atoms with E-state index in [4.69, 9.17) is 9.47 Å². The number of aromatic nitrogens is 2. The smallest absolute Gasteiger partial charge is 0.111 e. The molecule has 0 amide bonds. The first-order valence-electron chi connectivity index (χ1n) is 7.17. The van der Waals surface area contributed by atoms with Crippen LogP contribution < -0.4 is 5.32 Å². The van der Waals surface area contributed by atoms with E-state index in [1.807, 2.05) is 12.5 Å². The van der Waals surface area contributed by atoms with E-state index in [1.54, 1.807) is 0 Å². The third-order valence-corrected chi connectivity index (χ3v) is 4.25. The molecule has 1 N–H and O–H groups in total. The number of rotatable bonds is 3. The van der Waals surface area contributed by atoms with Gasteiger partial charge in [0.25, 0.3) is 0 Å². The van der Waals surface area contributed by atoms with Crippen LogP contribution in [0.2, 0.25) is 0 Å². The Balaban J connectivity index is 1.72. The van der Waals surface area contributed by atoms with Crippen molar-refractivity contribution in [3.63, 3.8) is 0 Å². The van der Waals surface area contributed by atoms with E-state index in [1.165, 1.54) is 5.69 Å². The predicted octanol–water partition coefficient (Wildman–Crippen LogP) is 1.36. The summed E-state index contributed by atoms with van der Waals surface area (Å²) >= 11 is 0. The Hall–Kier alpha value is -0.910. The molecule has 106 valence electrons. The van der Waals surface area contributed by atoms with Crippen molar-refractivity contribution in [1.29, 1.82) is 0 Å². The van der Waals surface area contributed by atoms with Crippen LogP contribution in [0.25, 0.3) is 0 Å². The Bertz CT molecular complexity index is 407. The van der Waals surface area contributed by atoms with Gasteiger partial charge in [0.2, 0.25) is 0 Å². The average molecular weight is 265 g/mol. The highest BCUT2D eigenvalue weighted by molar-refractivity contribution is 5.05. The van der Waals surface area contributed by atoms with Crippen LogP contribution in [0, 0.1) is 5.41 Å². The lowest BCUT2D eigenvalue weighted by Crippen LogP contribution is -2.36. The van der Waals surface area contributed by atoms with Gasteiger partial charge in [-0.05, 0) is 18.3 Å². The maximum atomic E-state index is 5.84. The van der Waals surface area contributed by atoms with Crippen LogP contribution >= 0.6 is 0 Å². The SMILES string of the molecule is CC1(Cn2cncc2C2CNCCO2)CCOCC1. The van der Waals surface area contributed by atoms with Gasteiger partial charge >= 0.3 is 0 Å². The minimum absolute atomic E-state index is 0.139. The van der Waals surface area contributed by atoms with Gasteiger partial charge in [-0.25, -0.2) is 4.98 Å². The number of nitrogens with zero attached hydrogens (tertiary/aromatic N) is 2. The summed E-state index contributed by atoms with van der Waals surface area (Å²) in [4.78, 5) is 4.32. The van der Waals surface area contributed by atoms with Gasteiger partial charge in [-0.3, -0.25) is 0 Å². The highest BCUT2D eigenvalue weighted by atomic mass is 16.5. The molecule has 5 nitrogen and oxygen atoms in total. The third kappa shape index (κ3) is 2.99. The van der Waals surface area contributed by atoms with Crippen LogP contribution in [0.5, 0.6) is 0 Å². The monoisotopic (exact) mass is 265 g/mol. The minimum atomic E-state index is 0.139. The minimum Gasteiger partial charge on any atom is -0.381 e. The second-order valence-corrected chi connectivity index (χ2v) is 5.93. The van der Waals surface area contributed by atoms with Crippen molar-refractivity contribution in [2.24, 2.45) is 5.41 Å². The van der Waals surface area contributed by atoms with Crippen molar-refractivity contribution in [2.45, 2.75) is 32.4 Å². The lowest BCUT2D eigenvalue weighted by molar-refractivity contribution is 0.00674. The molecule has 0 spiro atoms. The molecule has 0 bridgehead atoms. The van der Waals surface area contributed by atoms with Crippen LogP contribution in [0.1, 0.15) is 31.6 Å². The molecule has 2 saturated heterocycles. The van der Waals surface area contributed by atoms with Crippen molar-refractivity contribution in [3.05, 3.63) is 18.2 Å². The Morgan fingerprint density at radius 3 is 3.00 bits per heavy atom. The molecule has 1 aromatic rings. The van der Waals surface area contributed by atoms with E-state index >= 15 is 0 Å². The lowest BCUT2D eigenvalue weighted by Gasteiger charge is -2.35. The van der Waals surface area contributed by atoms with E-state index in [0.29, 0.717) is 5.41 Å². The zero-order valence-electron chi connectivity index (χ0n) is 11.6. The highest BCUT2D eigenvalue weighted by Crippen LogP contribution is 2.33. The summed E-state index contributed by atoms with van der Waals surface area (Å²) in [7, 11) is 0. The molecule has 1 atom stereocenters. The standard InChI is InChI=1S/C14H23N3O2/c1-14(2-5-18-6-3-14)10-17-11-16-8-12(17)13-9-15-4-7-19-13/h8,11,13,15H,2-7,9-10H2,1H3. The van der Waals surface area contributed by atoms with Crippen molar-refractivity contribution in [3.8, 4) is 0 Å². The molecule has 0 radical (unpaired) electrons. The van der Waals surface area contributed by atoms with Crippen molar-refractivity contribution < 1.29 is 9.47 Å². The van der Waals surface area contributed by atoms with Gasteiger partial charge in [-0.15, -0.1) is 0 Å². The first kappa shape index (κ1) is 13.1. The lowest BCUT2D eigenvalue weighted by atomic mass is 9.82. The Kier molecular flexibility index (Phi) is 3.86. The Morgan fingerprint density at radius 2 is 2.26 bits per heavy atom. The summed E-state index contributed by atoms with van der Waals surface area (Å²) in [5, 5.41) is 3.38. The van der Waals surface area contributed by atoms with E-state index in [0.717, 1.165) is 52.3 Å². The summed E-state index contributed by atoms with van der Waals surface area (Å²) in [5.74, 6) is 0. The number of hydrogen-bond acceptors (Lipinski definition) is 4. The van der Waals surface area contributed by atoms with Crippen LogP contribution in [-0.4, -0.2) is 42.5 Å². The number of nitrogens with one attached hydrogen (secondary N) is 1. The van der Waals surface area contributed by atoms with Crippen LogP contribution in [0.3, 0.4) is 0 Å². The second kappa shape index (κ2) is 5.61. The van der Waals surface area contributed by atoms with Gasteiger partial charge in [0, 0.05) is 32.8 Å². The highest BCUT2D eigenvalue weighted by Gasteiger charge is 2.29. The molecule has 1 aromatic heterocycles. The summed E-state index contributed by atoms with van der Waals surface area (Å²) in [6.45, 7) is 7.71. The molecular formula is C14H23N3O2. The number of ether oxygens (including phenoxy) is 2. The van der Waals surface area contributed by atoms with E-state index in [9.17, 15) is 0 Å². The fourth-order valence-corrected chi connectivity index (χ4v) is 2.92. The topological polar surface area (TPSA) is 48.3 Å². The fourth-order valence-electron chi connectivity index (χ4n) is 2.92. The van der Waals surface area contributed by atoms with Gasteiger partial charge in [-0.2, -0.15) is 0 Å². The molecule has 3 rings (SSSR count). The molecule has 1 unspecified atom stereocenters. The molecule has 2 aliphatic heterocycles. The number of hydrogen-bond donors (Lipinski definition) is 1. The largest absolute Gasteiger partial charge is 0.381 e. The van der Waals surface area contributed by atoms with Crippen LogP contribution in [0.4, 0.5) is 0 Å². The first-order chi connectivity index (χ1) is 9.27. The van der Waals surface area contributed by atoms with Gasteiger partial charge in [0.1, 0.15) is 6.10 Å². The molecule has 0 aromatic carbocycles. The van der Waals surface area contributed by atoms with Gasteiger partial charge in [-0.1, -0.05) is 6.92 Å². The molecule has 0 aliphatic carbocycles. The molecular weight excluding hydrogens is 242 g/mol. The Labute approximate surface area is 114 Å². The van der Waals surface area contributed by atoms with Gasteiger partial charge < -0.3 is 19.4 Å². The molecule has 2 fully saturated rings. The zero-order valence-corrected chi connectivity index (χ0v) is 11.6. The maximum absolute atomic E-state index is 5.84. The quantitative estimate of drug-likeness (QED) is 0.896. The number of imidazole rings is 1. The number of morpholine rings is 1. The van der Waals surface area contributed by atoms with Crippen LogP contribution in [-0.2, 0) is 16.0 Å². The molecule has 19 heavy (non-hydrogen) atoms. The first-order valence-corrected chi connectivity index (χ1v) is 7.17. The summed E-state index contributed by atoms with van der Waals surface area (Å²) < 4.78 is 13.6. The predicted molar refractivity (Wildman–Crippen MR) is 71.9 cm³/mol. The maximum Gasteiger partial charge on any atom is 0.111 e. The van der Waals surface area contributed by atoms with Crippen molar-refractivity contribution in [2.75, 3.05) is 32.9 Å². The van der Waals surface area contributed by atoms with E-state index in [-0.39, 0.29) is 6.10 Å². The third-order valence-electron chi connectivity index (χ3n) is 4.25. The van der Waals surface area contributed by atoms with Crippen molar-refractivity contribution >= 4 is 0 Å². The zero-order chi connectivity index (χ0) is 13.1. The Morgan fingerprint density at radius 1 is 1.42 bits per heavy atom. The summed E-state index contributed by atoms with van der Waals surface area (Å²) in [6.07, 6.45) is 6.26. The molecule has 5 heteroatoms. The summed E-state index contributed by atoms with van der Waals surface area (Å²) in [6, 6.07) is 0. The summed E-state index contributed by atoms with van der Waals surface area (Å²) in [5.41, 5.74) is 1.51. The molecule has 0 saturated carbocycles. The second-order valence-electron chi connectivity index (χ2n) is 5.93. The average Bonchev–Trinajstić information content (AvgIpc) is 2.88. The molecule has 2 aliphatic rings. The molecule has 3 heterocycles. The normalized spacial score (nSPS) is 27.3. The van der Waals surface area contributed by atoms with Crippen LogP contribution in [0.15, 0.2) is 12.5 Å². The van der Waals surface area contributed by atoms with E-state index < -0.39 is 0 Å². The van der Waals surface area contributed by atoms with Crippen molar-refractivity contribution in [1.82, 2.24) is 14.9 Å². The van der Waals surface area contributed by atoms with E-state index in [2.05, 4.69) is 21.8 Å².